The fraction of sp³-hybridized carbons (Fsp3) is 0.231. The van der Waals surface area contributed by atoms with Gasteiger partial charge in [-0.3, -0.25) is 4.68 Å². The molecule has 1 atom stereocenters. The van der Waals surface area contributed by atoms with Crippen molar-refractivity contribution < 1.29 is 9.90 Å². The molecule has 0 aliphatic rings. The van der Waals surface area contributed by atoms with E-state index in [1.54, 1.807) is 12.3 Å². The molecule has 0 fully saturated rings. The van der Waals surface area contributed by atoms with Crippen LogP contribution in [0.1, 0.15) is 17.3 Å². The molecule has 1 heterocycles. The number of rotatable bonds is 5. The smallest absolute Gasteiger partial charge is 0.335 e. The number of hydrogen-bond donors (Lipinski definition) is 2. The highest BCUT2D eigenvalue weighted by Crippen LogP contribution is 2.23. The number of nitrogens with one attached hydrogen (secondary N) is 1. The average molecular weight is 280 g/mol. The molecule has 0 amide bonds. The molecule has 2 aromatic rings. The maximum atomic E-state index is 10.8. The molecule has 2 N–H and O–H groups in total. The fourth-order valence-electron chi connectivity index (χ4n) is 1.77. The van der Waals surface area contributed by atoms with E-state index in [9.17, 15) is 4.79 Å². The minimum Gasteiger partial charge on any atom is -0.478 e. The van der Waals surface area contributed by atoms with Gasteiger partial charge in [0, 0.05) is 18.4 Å². The molecule has 0 aliphatic heterocycles. The van der Waals surface area contributed by atoms with Crippen molar-refractivity contribution in [2.75, 3.05) is 5.32 Å². The van der Waals surface area contributed by atoms with Crippen LogP contribution in [0.5, 0.6) is 0 Å². The van der Waals surface area contributed by atoms with E-state index in [0.29, 0.717) is 17.3 Å². The average Bonchev–Trinajstić information content (AvgIpc) is 2.84. The number of hydrogen-bond acceptors (Lipinski definition) is 3. The normalized spacial score (nSPS) is 12.1. The van der Waals surface area contributed by atoms with Crippen LogP contribution in [0, 0.1) is 0 Å². The molecule has 6 heteroatoms. The summed E-state index contributed by atoms with van der Waals surface area (Å²) >= 11 is 6.05. The lowest BCUT2D eigenvalue weighted by Gasteiger charge is -2.16. The second-order valence-corrected chi connectivity index (χ2v) is 4.68. The molecule has 0 saturated heterocycles. The SMILES string of the molecule is CC(Cn1cccn1)Nc1ccc(C(=O)O)cc1Cl. The largest absolute Gasteiger partial charge is 0.478 e. The highest BCUT2D eigenvalue weighted by atomic mass is 35.5. The summed E-state index contributed by atoms with van der Waals surface area (Å²) in [6.45, 7) is 2.70. The van der Waals surface area contributed by atoms with Crippen molar-refractivity contribution in [2.24, 2.45) is 0 Å². The van der Waals surface area contributed by atoms with Crippen molar-refractivity contribution in [3.8, 4) is 0 Å². The second-order valence-electron chi connectivity index (χ2n) is 4.27. The molecule has 1 aromatic carbocycles. The van der Waals surface area contributed by atoms with Gasteiger partial charge < -0.3 is 10.4 Å². The van der Waals surface area contributed by atoms with Crippen LogP contribution in [0.3, 0.4) is 0 Å². The van der Waals surface area contributed by atoms with Crippen LogP contribution in [-0.4, -0.2) is 26.9 Å². The van der Waals surface area contributed by atoms with Gasteiger partial charge in [-0.25, -0.2) is 4.79 Å². The summed E-state index contributed by atoms with van der Waals surface area (Å²) < 4.78 is 1.82. The molecule has 5 nitrogen and oxygen atoms in total. The molecule has 0 spiro atoms. The Labute approximate surface area is 115 Å². The van der Waals surface area contributed by atoms with Gasteiger partial charge in [0.2, 0.25) is 0 Å². The maximum absolute atomic E-state index is 10.8. The summed E-state index contributed by atoms with van der Waals surface area (Å²) in [6.07, 6.45) is 3.61. The molecule has 19 heavy (non-hydrogen) atoms. The second kappa shape index (κ2) is 5.75. The Morgan fingerprint density at radius 1 is 1.58 bits per heavy atom. The highest BCUT2D eigenvalue weighted by molar-refractivity contribution is 6.33. The van der Waals surface area contributed by atoms with Gasteiger partial charge in [0.15, 0.2) is 0 Å². The molecule has 1 aromatic heterocycles. The van der Waals surface area contributed by atoms with E-state index in [1.807, 2.05) is 23.9 Å². The van der Waals surface area contributed by atoms with Crippen molar-refractivity contribution in [2.45, 2.75) is 19.5 Å². The lowest BCUT2D eigenvalue weighted by molar-refractivity contribution is 0.0697. The number of benzene rings is 1. The Hall–Kier alpha value is -2.01. The monoisotopic (exact) mass is 279 g/mol. The molecule has 100 valence electrons. The van der Waals surface area contributed by atoms with E-state index in [1.165, 1.54) is 12.1 Å². The van der Waals surface area contributed by atoms with E-state index >= 15 is 0 Å². The zero-order valence-electron chi connectivity index (χ0n) is 10.4. The molecular weight excluding hydrogens is 266 g/mol. The zero-order chi connectivity index (χ0) is 13.8. The number of aromatic nitrogens is 2. The van der Waals surface area contributed by atoms with Gasteiger partial charge in [0.1, 0.15) is 0 Å². The van der Waals surface area contributed by atoms with Crippen molar-refractivity contribution in [3.63, 3.8) is 0 Å². The first kappa shape index (κ1) is 13.4. The topological polar surface area (TPSA) is 67.2 Å². The van der Waals surface area contributed by atoms with Crippen LogP contribution in [0.15, 0.2) is 36.7 Å². The summed E-state index contributed by atoms with van der Waals surface area (Å²) in [5.74, 6) is -0.988. The number of anilines is 1. The van der Waals surface area contributed by atoms with E-state index in [0.717, 1.165) is 0 Å². The Bertz CT molecular complexity index is 569. The third-order valence-corrected chi connectivity index (χ3v) is 2.95. The first-order valence-corrected chi connectivity index (χ1v) is 6.21. The van der Waals surface area contributed by atoms with Crippen molar-refractivity contribution in [1.82, 2.24) is 9.78 Å². The summed E-state index contributed by atoms with van der Waals surface area (Å²) in [5.41, 5.74) is 0.890. The molecule has 0 radical (unpaired) electrons. The quantitative estimate of drug-likeness (QED) is 0.883. The third-order valence-electron chi connectivity index (χ3n) is 2.64. The van der Waals surface area contributed by atoms with Gasteiger partial charge in [-0.1, -0.05) is 11.6 Å². The van der Waals surface area contributed by atoms with Gasteiger partial charge in [0.05, 0.1) is 22.8 Å². The number of carboxylic acid groups (broad SMARTS) is 1. The van der Waals surface area contributed by atoms with Gasteiger partial charge in [-0.2, -0.15) is 5.10 Å². The van der Waals surface area contributed by atoms with E-state index in [-0.39, 0.29) is 11.6 Å². The van der Waals surface area contributed by atoms with Crippen LogP contribution in [0.2, 0.25) is 5.02 Å². The number of aromatic carboxylic acids is 1. The zero-order valence-corrected chi connectivity index (χ0v) is 11.1. The Balaban J connectivity index is 2.04. The number of nitrogens with zero attached hydrogens (tertiary/aromatic N) is 2. The molecule has 0 saturated carbocycles. The lowest BCUT2D eigenvalue weighted by atomic mass is 10.2. The van der Waals surface area contributed by atoms with E-state index in [4.69, 9.17) is 16.7 Å². The minimum absolute atomic E-state index is 0.119. The summed E-state index contributed by atoms with van der Waals surface area (Å²) in [5, 5.41) is 16.6. The maximum Gasteiger partial charge on any atom is 0.335 e. The van der Waals surface area contributed by atoms with Gasteiger partial charge in [-0.05, 0) is 31.2 Å². The highest BCUT2D eigenvalue weighted by Gasteiger charge is 2.09. The number of carboxylic acids is 1. The van der Waals surface area contributed by atoms with E-state index in [2.05, 4.69) is 10.4 Å². The van der Waals surface area contributed by atoms with Gasteiger partial charge in [0.25, 0.3) is 0 Å². The standard InChI is InChI=1S/C13H14ClN3O2/c1-9(8-17-6-2-5-15-17)16-12-4-3-10(13(18)19)7-11(12)14/h2-7,9,16H,8H2,1H3,(H,18,19). The van der Waals surface area contributed by atoms with Crippen molar-refractivity contribution in [3.05, 3.63) is 47.2 Å². The van der Waals surface area contributed by atoms with Crippen LogP contribution >= 0.6 is 11.6 Å². The first-order chi connectivity index (χ1) is 9.06. The van der Waals surface area contributed by atoms with Crippen LogP contribution in [-0.2, 0) is 6.54 Å². The Morgan fingerprint density at radius 2 is 2.37 bits per heavy atom. The summed E-state index contributed by atoms with van der Waals surface area (Å²) in [7, 11) is 0. The predicted molar refractivity (Wildman–Crippen MR) is 73.7 cm³/mol. The Kier molecular flexibility index (Phi) is 4.06. The Morgan fingerprint density at radius 3 is 2.95 bits per heavy atom. The van der Waals surface area contributed by atoms with Crippen molar-refractivity contribution in [1.29, 1.82) is 0 Å². The fourth-order valence-corrected chi connectivity index (χ4v) is 2.00. The minimum atomic E-state index is -0.988. The summed E-state index contributed by atoms with van der Waals surface area (Å²) in [6, 6.07) is 6.62. The van der Waals surface area contributed by atoms with Crippen LogP contribution in [0.25, 0.3) is 0 Å². The van der Waals surface area contributed by atoms with Crippen molar-refractivity contribution >= 4 is 23.3 Å². The first-order valence-electron chi connectivity index (χ1n) is 5.83. The van der Waals surface area contributed by atoms with Gasteiger partial charge in [-0.15, -0.1) is 0 Å². The van der Waals surface area contributed by atoms with Crippen LogP contribution in [0.4, 0.5) is 5.69 Å². The summed E-state index contributed by atoms with van der Waals surface area (Å²) in [4.78, 5) is 10.8. The molecule has 0 aliphatic carbocycles. The predicted octanol–water partition coefficient (Wildman–Crippen LogP) is 2.74. The molecular formula is C13H14ClN3O2. The third kappa shape index (κ3) is 3.48. The molecule has 2 rings (SSSR count). The van der Waals surface area contributed by atoms with E-state index < -0.39 is 5.97 Å². The lowest BCUT2D eigenvalue weighted by Crippen LogP contribution is -2.22. The molecule has 0 bridgehead atoms. The van der Waals surface area contributed by atoms with Gasteiger partial charge >= 0.3 is 5.97 Å². The number of carbonyl (C=O) groups is 1. The molecule has 1 unspecified atom stereocenters. The number of halogens is 1. The van der Waals surface area contributed by atoms with Crippen LogP contribution < -0.4 is 5.32 Å².